The Hall–Kier alpha value is -1.52. The van der Waals surface area contributed by atoms with Crippen LogP contribution in [0.25, 0.3) is 0 Å². The summed E-state index contributed by atoms with van der Waals surface area (Å²) in [5.74, 6) is 1.60. The lowest BCUT2D eigenvalue weighted by atomic mass is 10.2. The lowest BCUT2D eigenvalue weighted by molar-refractivity contribution is 0.0170. The molecular weight excluding hydrogens is 280 g/mol. The zero-order valence-electron chi connectivity index (χ0n) is 13.7. The van der Waals surface area contributed by atoms with Crippen LogP contribution in [0.2, 0.25) is 0 Å². The van der Waals surface area contributed by atoms with Crippen molar-refractivity contribution >= 4 is 0 Å². The van der Waals surface area contributed by atoms with E-state index < -0.39 is 0 Å². The van der Waals surface area contributed by atoms with Crippen molar-refractivity contribution in [3.05, 3.63) is 35.9 Å². The largest absolute Gasteiger partial charge is 0.486 e. The van der Waals surface area contributed by atoms with Gasteiger partial charge in [-0.1, -0.05) is 23.8 Å². The van der Waals surface area contributed by atoms with E-state index in [9.17, 15) is 0 Å². The van der Waals surface area contributed by atoms with Crippen LogP contribution < -0.4 is 9.47 Å². The molecule has 0 N–H and O–H groups in total. The fourth-order valence-corrected chi connectivity index (χ4v) is 2.10. The van der Waals surface area contributed by atoms with Crippen LogP contribution in [0.5, 0.6) is 11.5 Å². The predicted octanol–water partition coefficient (Wildman–Crippen LogP) is 3.60. The topological polar surface area (TPSA) is 36.9 Å². The highest BCUT2D eigenvalue weighted by Crippen LogP contribution is 2.30. The average molecular weight is 306 g/mol. The molecule has 2 rings (SSSR count). The molecule has 0 aromatic heterocycles. The molecule has 0 saturated carbocycles. The minimum atomic E-state index is -0.0483. The van der Waals surface area contributed by atoms with Gasteiger partial charge in [0.15, 0.2) is 17.6 Å². The van der Waals surface area contributed by atoms with Crippen molar-refractivity contribution in [2.24, 2.45) is 0 Å². The van der Waals surface area contributed by atoms with Gasteiger partial charge in [0.25, 0.3) is 0 Å². The first-order chi connectivity index (χ1) is 10.6. The van der Waals surface area contributed by atoms with E-state index >= 15 is 0 Å². The van der Waals surface area contributed by atoms with Gasteiger partial charge in [-0.2, -0.15) is 0 Å². The Kier molecular flexibility index (Phi) is 6.74. The van der Waals surface area contributed by atoms with E-state index in [1.165, 1.54) is 5.57 Å². The number of para-hydroxylation sites is 2. The van der Waals surface area contributed by atoms with Gasteiger partial charge in [0.1, 0.15) is 6.61 Å². The first kappa shape index (κ1) is 16.8. The first-order valence-corrected chi connectivity index (χ1v) is 7.88. The van der Waals surface area contributed by atoms with E-state index in [-0.39, 0.29) is 12.2 Å². The molecule has 122 valence electrons. The highest BCUT2D eigenvalue weighted by atomic mass is 16.6. The molecule has 0 radical (unpaired) electrons. The number of rotatable bonds is 8. The number of ether oxygens (including phenoxy) is 4. The smallest absolute Gasteiger partial charge is 0.161 e. The molecule has 1 aliphatic rings. The van der Waals surface area contributed by atoms with E-state index in [4.69, 9.17) is 18.9 Å². The molecule has 0 spiro atoms. The van der Waals surface area contributed by atoms with Crippen molar-refractivity contribution in [1.82, 2.24) is 0 Å². The molecule has 1 aromatic carbocycles. The summed E-state index contributed by atoms with van der Waals surface area (Å²) in [4.78, 5) is 0. The third kappa shape index (κ3) is 5.70. The summed E-state index contributed by atoms with van der Waals surface area (Å²) in [6.07, 6.45) is 3.28. The summed E-state index contributed by atoms with van der Waals surface area (Å²) in [7, 11) is 0. The molecule has 0 saturated heterocycles. The van der Waals surface area contributed by atoms with Crippen molar-refractivity contribution in [2.75, 3.05) is 26.4 Å². The van der Waals surface area contributed by atoms with E-state index in [2.05, 4.69) is 13.0 Å². The van der Waals surface area contributed by atoms with Gasteiger partial charge < -0.3 is 18.9 Å². The molecule has 1 aromatic rings. The standard InChI is InChI=1S/C18H26O4/c1-14(2)20-11-9-15(3)8-10-19-12-16-13-21-17-6-4-5-7-18(17)22-16/h4-8,14,16H,9-13H2,1-3H3/b15-8+. The van der Waals surface area contributed by atoms with E-state index in [1.807, 2.05) is 38.1 Å². The fourth-order valence-electron chi connectivity index (χ4n) is 2.10. The summed E-state index contributed by atoms with van der Waals surface area (Å²) in [5, 5.41) is 0. The van der Waals surface area contributed by atoms with Crippen molar-refractivity contribution < 1.29 is 18.9 Å². The van der Waals surface area contributed by atoms with Gasteiger partial charge in [0, 0.05) is 0 Å². The average Bonchev–Trinajstić information content (AvgIpc) is 2.51. The van der Waals surface area contributed by atoms with Crippen LogP contribution in [-0.4, -0.2) is 38.6 Å². The predicted molar refractivity (Wildman–Crippen MR) is 86.6 cm³/mol. The molecule has 0 aliphatic carbocycles. The van der Waals surface area contributed by atoms with Crippen LogP contribution in [-0.2, 0) is 9.47 Å². The van der Waals surface area contributed by atoms with E-state index in [0.717, 1.165) is 24.5 Å². The van der Waals surface area contributed by atoms with Crippen molar-refractivity contribution in [3.63, 3.8) is 0 Å². The van der Waals surface area contributed by atoms with Crippen LogP contribution in [0.15, 0.2) is 35.9 Å². The fraction of sp³-hybridized carbons (Fsp3) is 0.556. The molecule has 0 fully saturated rings. The minimum Gasteiger partial charge on any atom is -0.486 e. The van der Waals surface area contributed by atoms with Gasteiger partial charge >= 0.3 is 0 Å². The number of hydrogen-bond acceptors (Lipinski definition) is 4. The quantitative estimate of drug-likeness (QED) is 0.543. The van der Waals surface area contributed by atoms with Crippen molar-refractivity contribution in [1.29, 1.82) is 0 Å². The molecule has 1 atom stereocenters. The Labute approximate surface area is 133 Å². The Morgan fingerprint density at radius 2 is 2.09 bits per heavy atom. The lowest BCUT2D eigenvalue weighted by Crippen LogP contribution is -2.33. The van der Waals surface area contributed by atoms with Gasteiger partial charge in [-0.15, -0.1) is 0 Å². The summed E-state index contributed by atoms with van der Waals surface area (Å²) in [6, 6.07) is 7.71. The Bertz CT molecular complexity index is 482. The molecule has 1 unspecified atom stereocenters. The van der Waals surface area contributed by atoms with Gasteiger partial charge in [0.05, 0.1) is 25.9 Å². The number of hydrogen-bond donors (Lipinski definition) is 0. The van der Waals surface area contributed by atoms with Crippen LogP contribution in [0.4, 0.5) is 0 Å². The van der Waals surface area contributed by atoms with Gasteiger partial charge in [-0.25, -0.2) is 0 Å². The molecule has 4 heteroatoms. The van der Waals surface area contributed by atoms with E-state index in [0.29, 0.717) is 19.8 Å². The third-order valence-electron chi connectivity index (χ3n) is 3.37. The Morgan fingerprint density at radius 1 is 1.32 bits per heavy atom. The van der Waals surface area contributed by atoms with Crippen LogP contribution in [0.3, 0.4) is 0 Å². The second-order valence-corrected chi connectivity index (χ2v) is 5.76. The highest BCUT2D eigenvalue weighted by Gasteiger charge is 2.20. The molecule has 22 heavy (non-hydrogen) atoms. The molecule has 1 heterocycles. The van der Waals surface area contributed by atoms with Gasteiger partial charge in [-0.3, -0.25) is 0 Å². The lowest BCUT2D eigenvalue weighted by Gasteiger charge is -2.26. The van der Waals surface area contributed by atoms with Crippen molar-refractivity contribution in [3.8, 4) is 11.5 Å². The van der Waals surface area contributed by atoms with E-state index in [1.54, 1.807) is 0 Å². The number of fused-ring (bicyclic) bond motifs is 1. The van der Waals surface area contributed by atoms with Crippen LogP contribution in [0.1, 0.15) is 27.2 Å². The van der Waals surface area contributed by atoms with Gasteiger partial charge in [-0.05, 0) is 39.3 Å². The minimum absolute atomic E-state index is 0.0483. The maximum Gasteiger partial charge on any atom is 0.161 e. The second kappa shape index (κ2) is 8.81. The molecule has 0 amide bonds. The third-order valence-corrected chi connectivity index (χ3v) is 3.37. The zero-order chi connectivity index (χ0) is 15.8. The highest BCUT2D eigenvalue weighted by molar-refractivity contribution is 5.40. The monoisotopic (exact) mass is 306 g/mol. The van der Waals surface area contributed by atoms with Crippen molar-refractivity contribution in [2.45, 2.75) is 39.4 Å². The maximum atomic E-state index is 5.84. The Morgan fingerprint density at radius 3 is 2.86 bits per heavy atom. The zero-order valence-corrected chi connectivity index (χ0v) is 13.7. The summed E-state index contributed by atoms with van der Waals surface area (Å²) in [5.41, 5.74) is 1.28. The molecule has 4 nitrogen and oxygen atoms in total. The number of benzene rings is 1. The summed E-state index contributed by atoms with van der Waals surface area (Å²) < 4.78 is 22.7. The van der Waals surface area contributed by atoms with Gasteiger partial charge in [0.2, 0.25) is 0 Å². The SMILES string of the molecule is C/C(=C\COCC1COc2ccccc2O1)CCOC(C)C. The second-order valence-electron chi connectivity index (χ2n) is 5.76. The molecule has 0 bridgehead atoms. The summed E-state index contributed by atoms with van der Waals surface area (Å²) >= 11 is 0. The summed E-state index contributed by atoms with van der Waals surface area (Å²) in [6.45, 7) is 8.61. The van der Waals surface area contributed by atoms with Crippen LogP contribution >= 0.6 is 0 Å². The first-order valence-electron chi connectivity index (χ1n) is 7.88. The maximum absolute atomic E-state index is 5.84. The van der Waals surface area contributed by atoms with Crippen LogP contribution in [0, 0.1) is 0 Å². The molecule has 1 aliphatic heterocycles. The molecular formula is C18H26O4. The normalized spacial score (nSPS) is 17.8. The Balaban J connectivity index is 1.63.